The number of aliphatic hydroxyl groups excluding tert-OH is 1. The second-order valence-corrected chi connectivity index (χ2v) is 7.20. The summed E-state index contributed by atoms with van der Waals surface area (Å²) >= 11 is 0. The molecular weight excluding hydrogens is 252 g/mol. The maximum Gasteiger partial charge on any atom is 0.220 e. The Morgan fingerprint density at radius 1 is 1.30 bits per heavy atom. The molecule has 1 fully saturated rings. The molecule has 0 aromatic rings. The molecule has 1 rings (SSSR count). The van der Waals surface area contributed by atoms with Crippen LogP contribution in [0.5, 0.6) is 0 Å². The van der Waals surface area contributed by atoms with Crippen LogP contribution >= 0.6 is 0 Å². The summed E-state index contributed by atoms with van der Waals surface area (Å²) in [6.07, 6.45) is 5.87. The molecular formula is C16H32N2O2. The highest BCUT2D eigenvalue weighted by atomic mass is 16.3. The molecule has 1 aliphatic rings. The van der Waals surface area contributed by atoms with E-state index in [0.717, 1.165) is 38.5 Å². The van der Waals surface area contributed by atoms with Crippen LogP contribution in [0.2, 0.25) is 0 Å². The van der Waals surface area contributed by atoms with Gasteiger partial charge in [0.1, 0.15) is 0 Å². The van der Waals surface area contributed by atoms with E-state index in [4.69, 9.17) is 5.73 Å². The summed E-state index contributed by atoms with van der Waals surface area (Å²) in [6, 6.07) is -0.0427. The minimum Gasteiger partial charge on any atom is -0.391 e. The van der Waals surface area contributed by atoms with Gasteiger partial charge in [0.05, 0.1) is 12.1 Å². The van der Waals surface area contributed by atoms with Crippen LogP contribution in [0.4, 0.5) is 0 Å². The lowest BCUT2D eigenvalue weighted by Crippen LogP contribution is -2.45. The largest absolute Gasteiger partial charge is 0.391 e. The summed E-state index contributed by atoms with van der Waals surface area (Å²) in [5.41, 5.74) is 5.85. The molecule has 0 aliphatic heterocycles. The van der Waals surface area contributed by atoms with Crippen LogP contribution in [-0.4, -0.2) is 29.7 Å². The molecule has 1 amide bonds. The molecule has 0 aromatic heterocycles. The topological polar surface area (TPSA) is 75.4 Å². The van der Waals surface area contributed by atoms with Gasteiger partial charge in [0.2, 0.25) is 5.91 Å². The van der Waals surface area contributed by atoms with Crippen molar-refractivity contribution in [1.29, 1.82) is 0 Å². The molecule has 0 spiro atoms. The van der Waals surface area contributed by atoms with E-state index >= 15 is 0 Å². The van der Waals surface area contributed by atoms with Gasteiger partial charge in [-0.3, -0.25) is 4.79 Å². The molecule has 118 valence electrons. The number of hydrogen-bond donors (Lipinski definition) is 3. The fourth-order valence-corrected chi connectivity index (χ4v) is 3.08. The number of nitrogens with two attached hydrogens (primary N) is 1. The van der Waals surface area contributed by atoms with Crippen molar-refractivity contribution >= 4 is 5.91 Å². The monoisotopic (exact) mass is 284 g/mol. The average Bonchev–Trinajstić information content (AvgIpc) is 2.36. The number of carbonyl (C=O) groups is 1. The third-order valence-corrected chi connectivity index (χ3v) is 4.54. The average molecular weight is 284 g/mol. The van der Waals surface area contributed by atoms with Crippen molar-refractivity contribution in [1.82, 2.24) is 5.32 Å². The van der Waals surface area contributed by atoms with Crippen LogP contribution in [0.3, 0.4) is 0 Å². The fourth-order valence-electron chi connectivity index (χ4n) is 3.08. The molecule has 0 bridgehead atoms. The van der Waals surface area contributed by atoms with Crippen molar-refractivity contribution in [3.63, 3.8) is 0 Å². The van der Waals surface area contributed by atoms with E-state index in [2.05, 4.69) is 26.1 Å². The van der Waals surface area contributed by atoms with Gasteiger partial charge in [0, 0.05) is 6.42 Å². The third-order valence-electron chi connectivity index (χ3n) is 4.54. The van der Waals surface area contributed by atoms with E-state index in [1.165, 1.54) is 0 Å². The Labute approximate surface area is 123 Å². The summed E-state index contributed by atoms with van der Waals surface area (Å²) in [7, 11) is 0. The quantitative estimate of drug-likeness (QED) is 0.700. The Morgan fingerprint density at radius 3 is 2.50 bits per heavy atom. The van der Waals surface area contributed by atoms with Gasteiger partial charge in [0.25, 0.3) is 0 Å². The number of rotatable bonds is 6. The normalized spacial score (nSPS) is 25.2. The molecule has 3 atom stereocenters. The molecule has 4 nitrogen and oxygen atoms in total. The van der Waals surface area contributed by atoms with Crippen molar-refractivity contribution < 1.29 is 9.90 Å². The summed E-state index contributed by atoms with van der Waals surface area (Å²) in [5.74, 6) is 0.539. The van der Waals surface area contributed by atoms with Crippen molar-refractivity contribution in [2.45, 2.75) is 77.9 Å². The zero-order valence-corrected chi connectivity index (χ0v) is 13.3. The summed E-state index contributed by atoms with van der Waals surface area (Å²) in [6.45, 7) is 7.28. The van der Waals surface area contributed by atoms with E-state index in [1.54, 1.807) is 0 Å². The highest BCUT2D eigenvalue weighted by Crippen LogP contribution is 2.32. The second-order valence-electron chi connectivity index (χ2n) is 7.20. The summed E-state index contributed by atoms with van der Waals surface area (Å²) in [4.78, 5) is 12.0. The Morgan fingerprint density at radius 2 is 1.95 bits per heavy atom. The van der Waals surface area contributed by atoms with Gasteiger partial charge < -0.3 is 16.2 Å². The van der Waals surface area contributed by atoms with Crippen molar-refractivity contribution in [2.75, 3.05) is 6.54 Å². The number of amides is 1. The lowest BCUT2D eigenvalue weighted by molar-refractivity contribution is -0.123. The third kappa shape index (κ3) is 5.80. The maximum atomic E-state index is 12.0. The first kappa shape index (κ1) is 17.4. The molecule has 1 aliphatic carbocycles. The lowest BCUT2D eigenvalue weighted by atomic mass is 9.76. The number of carbonyl (C=O) groups excluding carboxylic acids is 1. The van der Waals surface area contributed by atoms with Gasteiger partial charge in [-0.05, 0) is 43.6 Å². The Kier molecular flexibility index (Phi) is 6.96. The minimum atomic E-state index is -0.366. The second kappa shape index (κ2) is 7.99. The molecule has 0 heterocycles. The van der Waals surface area contributed by atoms with E-state index in [-0.39, 0.29) is 23.5 Å². The number of aliphatic hydroxyl groups is 1. The predicted octanol–water partition coefficient (Wildman–Crippen LogP) is 2.20. The Bertz CT molecular complexity index is 299. The SMILES string of the molecule is CC(C)(C)C(CCN)CCC(=O)N[C@@H]1CCCC[C@H]1O. The van der Waals surface area contributed by atoms with Crippen LogP contribution in [-0.2, 0) is 4.79 Å². The molecule has 4 N–H and O–H groups in total. The zero-order chi connectivity index (χ0) is 15.2. The van der Waals surface area contributed by atoms with Crippen molar-refractivity contribution in [2.24, 2.45) is 17.1 Å². The van der Waals surface area contributed by atoms with Crippen LogP contribution in [0, 0.1) is 11.3 Å². The summed E-state index contributed by atoms with van der Waals surface area (Å²) in [5, 5.41) is 12.9. The fraction of sp³-hybridized carbons (Fsp3) is 0.938. The molecule has 0 aromatic carbocycles. The molecule has 1 unspecified atom stereocenters. The first-order valence-corrected chi connectivity index (χ1v) is 8.02. The molecule has 0 radical (unpaired) electrons. The highest BCUT2D eigenvalue weighted by Gasteiger charge is 2.27. The van der Waals surface area contributed by atoms with Gasteiger partial charge in [-0.15, -0.1) is 0 Å². The number of nitrogens with one attached hydrogen (secondary N) is 1. The highest BCUT2D eigenvalue weighted by molar-refractivity contribution is 5.76. The Balaban J connectivity index is 2.37. The first-order chi connectivity index (χ1) is 9.34. The van der Waals surface area contributed by atoms with Crippen LogP contribution < -0.4 is 11.1 Å². The Hall–Kier alpha value is -0.610. The molecule has 20 heavy (non-hydrogen) atoms. The zero-order valence-electron chi connectivity index (χ0n) is 13.3. The first-order valence-electron chi connectivity index (χ1n) is 8.02. The van der Waals surface area contributed by atoms with Crippen molar-refractivity contribution in [3.05, 3.63) is 0 Å². The summed E-state index contributed by atoms with van der Waals surface area (Å²) < 4.78 is 0. The van der Waals surface area contributed by atoms with Gasteiger partial charge in [-0.1, -0.05) is 33.6 Å². The van der Waals surface area contributed by atoms with E-state index in [9.17, 15) is 9.90 Å². The smallest absolute Gasteiger partial charge is 0.220 e. The lowest BCUT2D eigenvalue weighted by Gasteiger charge is -2.31. The standard InChI is InChI=1S/C16H32N2O2/c1-16(2,3)12(10-11-17)8-9-15(20)18-13-6-4-5-7-14(13)19/h12-14,19H,4-11,17H2,1-3H3,(H,18,20)/t12?,13-,14-/m1/s1. The van der Waals surface area contributed by atoms with Gasteiger partial charge in [-0.2, -0.15) is 0 Å². The minimum absolute atomic E-state index is 0.0427. The van der Waals surface area contributed by atoms with Crippen LogP contribution in [0.15, 0.2) is 0 Å². The van der Waals surface area contributed by atoms with E-state index in [1.807, 2.05) is 0 Å². The number of hydrogen-bond acceptors (Lipinski definition) is 3. The van der Waals surface area contributed by atoms with Crippen LogP contribution in [0.25, 0.3) is 0 Å². The van der Waals surface area contributed by atoms with Crippen LogP contribution in [0.1, 0.15) is 65.7 Å². The van der Waals surface area contributed by atoms with Gasteiger partial charge in [-0.25, -0.2) is 0 Å². The predicted molar refractivity (Wildman–Crippen MR) is 82.3 cm³/mol. The van der Waals surface area contributed by atoms with E-state index in [0.29, 0.717) is 18.9 Å². The molecule has 0 saturated heterocycles. The van der Waals surface area contributed by atoms with Gasteiger partial charge >= 0.3 is 0 Å². The molecule has 1 saturated carbocycles. The maximum absolute atomic E-state index is 12.0. The van der Waals surface area contributed by atoms with Gasteiger partial charge in [0.15, 0.2) is 0 Å². The van der Waals surface area contributed by atoms with E-state index < -0.39 is 0 Å². The molecule has 4 heteroatoms. The van der Waals surface area contributed by atoms with Crippen molar-refractivity contribution in [3.8, 4) is 0 Å².